The summed E-state index contributed by atoms with van der Waals surface area (Å²) in [6, 6.07) is 3.14. The van der Waals surface area contributed by atoms with Gasteiger partial charge in [0.25, 0.3) is 10.0 Å². The van der Waals surface area contributed by atoms with Gasteiger partial charge >= 0.3 is 0 Å². The molecule has 0 amide bonds. The summed E-state index contributed by atoms with van der Waals surface area (Å²) in [5.41, 5.74) is -0.249. The van der Waals surface area contributed by atoms with Crippen molar-refractivity contribution < 1.29 is 17.9 Å². The predicted molar refractivity (Wildman–Crippen MR) is 66.8 cm³/mol. The first-order valence-electron chi connectivity index (χ1n) is 5.31. The predicted octanol–water partition coefficient (Wildman–Crippen LogP) is 1.37. The number of hydrogen-bond donors (Lipinski definition) is 2. The highest BCUT2D eigenvalue weighted by atomic mass is 32.2. The van der Waals surface area contributed by atoms with Gasteiger partial charge in [-0.2, -0.15) is 8.42 Å². The molecule has 102 valence electrons. The molecule has 8 heteroatoms. The molecule has 0 aliphatic rings. The number of aromatic nitrogens is 2. The Morgan fingerprint density at radius 1 is 1.42 bits per heavy atom. The lowest BCUT2D eigenvalue weighted by Gasteiger charge is -2.06. The van der Waals surface area contributed by atoms with Gasteiger partial charge in [-0.3, -0.25) is 4.72 Å². The zero-order valence-electron chi connectivity index (χ0n) is 10.3. The quantitative estimate of drug-likeness (QED) is 0.834. The summed E-state index contributed by atoms with van der Waals surface area (Å²) >= 11 is 0. The molecular weight excluding hydrogens is 273 g/mol. The van der Waals surface area contributed by atoms with Crippen molar-refractivity contribution in [2.45, 2.75) is 11.9 Å². The number of phenols is 1. The first kappa shape index (κ1) is 13.3. The molecule has 0 radical (unpaired) electrons. The third kappa shape index (κ3) is 2.68. The molecule has 0 aliphatic carbocycles. The summed E-state index contributed by atoms with van der Waals surface area (Å²) in [6.07, 6.45) is 1.33. The second kappa shape index (κ2) is 4.54. The average molecular weight is 285 g/mol. The minimum absolute atomic E-state index is 0.194. The van der Waals surface area contributed by atoms with Crippen molar-refractivity contribution in [1.29, 1.82) is 0 Å². The molecule has 2 aromatic rings. The Morgan fingerprint density at radius 3 is 2.63 bits per heavy atom. The number of nitrogens with one attached hydrogen (secondary N) is 1. The van der Waals surface area contributed by atoms with Gasteiger partial charge < -0.3 is 9.67 Å². The van der Waals surface area contributed by atoms with Crippen LogP contribution in [0.3, 0.4) is 0 Å². The van der Waals surface area contributed by atoms with Crippen LogP contribution in [0.1, 0.15) is 5.82 Å². The van der Waals surface area contributed by atoms with Gasteiger partial charge in [0.15, 0.2) is 10.8 Å². The second-order valence-electron chi connectivity index (χ2n) is 4.01. The summed E-state index contributed by atoms with van der Waals surface area (Å²) in [5, 5.41) is 8.87. The van der Waals surface area contributed by atoms with Gasteiger partial charge in [-0.15, -0.1) is 0 Å². The van der Waals surface area contributed by atoms with Gasteiger partial charge in [0, 0.05) is 19.3 Å². The van der Waals surface area contributed by atoms with Gasteiger partial charge in [0.1, 0.15) is 11.6 Å². The maximum Gasteiger partial charge on any atom is 0.281 e. The number of rotatable bonds is 3. The molecule has 19 heavy (non-hydrogen) atoms. The Balaban J connectivity index is 2.36. The maximum absolute atomic E-state index is 13.5. The summed E-state index contributed by atoms with van der Waals surface area (Å²) < 4.78 is 41.1. The topological polar surface area (TPSA) is 84.2 Å². The van der Waals surface area contributed by atoms with Crippen molar-refractivity contribution in [2.24, 2.45) is 7.05 Å². The number of sulfonamides is 1. The number of benzene rings is 1. The van der Waals surface area contributed by atoms with E-state index in [9.17, 15) is 12.8 Å². The Kier molecular flexibility index (Phi) is 3.19. The Hall–Kier alpha value is -2.09. The largest absolute Gasteiger partial charge is 0.508 e. The number of anilines is 1. The molecule has 6 nitrogen and oxygen atoms in total. The zero-order chi connectivity index (χ0) is 14.2. The van der Waals surface area contributed by atoms with E-state index in [0.717, 1.165) is 12.1 Å². The molecule has 1 heterocycles. The van der Waals surface area contributed by atoms with Crippen molar-refractivity contribution >= 4 is 15.7 Å². The van der Waals surface area contributed by atoms with Gasteiger partial charge in [-0.1, -0.05) is 0 Å². The monoisotopic (exact) mass is 285 g/mol. The van der Waals surface area contributed by atoms with Gasteiger partial charge in [0.2, 0.25) is 0 Å². The molecule has 1 aromatic heterocycles. The number of aromatic hydroxyl groups is 1. The molecule has 1 aromatic carbocycles. The van der Waals surface area contributed by atoms with Crippen molar-refractivity contribution in [3.05, 3.63) is 36.0 Å². The Morgan fingerprint density at radius 2 is 2.11 bits per heavy atom. The van der Waals surface area contributed by atoms with Crippen LogP contribution < -0.4 is 4.72 Å². The van der Waals surface area contributed by atoms with Gasteiger partial charge in [0.05, 0.1) is 5.69 Å². The highest BCUT2D eigenvalue weighted by Gasteiger charge is 2.20. The molecular formula is C11H12FN3O3S. The maximum atomic E-state index is 13.5. The third-order valence-electron chi connectivity index (χ3n) is 2.56. The van der Waals surface area contributed by atoms with E-state index in [4.69, 9.17) is 5.11 Å². The molecule has 2 N–H and O–H groups in total. The normalized spacial score (nSPS) is 11.5. The highest BCUT2D eigenvalue weighted by Crippen LogP contribution is 2.22. The van der Waals surface area contributed by atoms with Crippen LogP contribution in [0.25, 0.3) is 0 Å². The fourth-order valence-electron chi connectivity index (χ4n) is 1.44. The summed E-state index contributed by atoms with van der Waals surface area (Å²) in [4.78, 5) is 3.87. The molecule has 0 spiro atoms. The lowest BCUT2D eigenvalue weighted by atomic mass is 10.3. The van der Waals surface area contributed by atoms with Crippen LogP contribution in [0, 0.1) is 12.7 Å². The zero-order valence-corrected chi connectivity index (χ0v) is 11.1. The molecule has 0 saturated carbocycles. The number of phenolic OH excluding ortho intramolecular Hbond substituents is 1. The minimum Gasteiger partial charge on any atom is -0.508 e. The van der Waals surface area contributed by atoms with Gasteiger partial charge in [-0.25, -0.2) is 9.37 Å². The standard InChI is InChI=1S/C11H12FN3O3S/c1-7-13-11(6-15(7)2)19(17,18)14-10-4-3-8(16)5-9(10)12/h3-6,14,16H,1-2H3. The van der Waals surface area contributed by atoms with Crippen LogP contribution in [0.2, 0.25) is 0 Å². The minimum atomic E-state index is -3.95. The number of imidazole rings is 1. The van der Waals surface area contributed by atoms with Crippen LogP contribution in [0.15, 0.2) is 29.4 Å². The Labute approximate surface area is 109 Å². The second-order valence-corrected chi connectivity index (χ2v) is 5.64. The average Bonchev–Trinajstić information content (AvgIpc) is 2.64. The molecule has 0 atom stereocenters. The van der Waals surface area contributed by atoms with E-state index >= 15 is 0 Å². The first-order valence-corrected chi connectivity index (χ1v) is 6.79. The summed E-state index contributed by atoms with van der Waals surface area (Å²) in [7, 11) is -2.30. The lowest BCUT2D eigenvalue weighted by Crippen LogP contribution is -2.14. The third-order valence-corrected chi connectivity index (χ3v) is 3.79. The van der Waals surface area contributed by atoms with Crippen LogP contribution in [-0.4, -0.2) is 23.1 Å². The van der Waals surface area contributed by atoms with Crippen molar-refractivity contribution in [3.63, 3.8) is 0 Å². The number of hydrogen-bond acceptors (Lipinski definition) is 4. The SMILES string of the molecule is Cc1nc(S(=O)(=O)Nc2ccc(O)cc2F)cn1C. The van der Waals surface area contributed by atoms with E-state index in [2.05, 4.69) is 9.71 Å². The number of nitrogens with zero attached hydrogens (tertiary/aromatic N) is 2. The van der Waals surface area contributed by atoms with Crippen molar-refractivity contribution in [3.8, 4) is 5.75 Å². The molecule has 0 bridgehead atoms. The van der Waals surface area contributed by atoms with Crippen LogP contribution in [0.4, 0.5) is 10.1 Å². The van der Waals surface area contributed by atoms with Gasteiger partial charge in [-0.05, 0) is 19.1 Å². The van der Waals surface area contributed by atoms with Crippen LogP contribution in [0.5, 0.6) is 5.75 Å². The van der Waals surface area contributed by atoms with E-state index < -0.39 is 15.8 Å². The van der Waals surface area contributed by atoms with E-state index in [1.54, 1.807) is 18.5 Å². The summed E-state index contributed by atoms with van der Waals surface area (Å²) in [6.45, 7) is 1.65. The van der Waals surface area contributed by atoms with Crippen LogP contribution >= 0.6 is 0 Å². The molecule has 0 saturated heterocycles. The van der Waals surface area contributed by atoms with E-state index in [-0.39, 0.29) is 16.5 Å². The Bertz CT molecular complexity index is 705. The molecule has 0 fully saturated rings. The molecule has 2 rings (SSSR count). The fourth-order valence-corrected chi connectivity index (χ4v) is 2.55. The van der Waals surface area contributed by atoms with E-state index in [0.29, 0.717) is 5.82 Å². The fraction of sp³-hybridized carbons (Fsp3) is 0.182. The van der Waals surface area contributed by atoms with Crippen molar-refractivity contribution in [2.75, 3.05) is 4.72 Å². The molecule has 0 unspecified atom stereocenters. The van der Waals surface area contributed by atoms with Crippen molar-refractivity contribution in [1.82, 2.24) is 9.55 Å². The number of aryl methyl sites for hydroxylation is 2. The molecule has 0 aliphatic heterocycles. The smallest absolute Gasteiger partial charge is 0.281 e. The number of halogens is 1. The first-order chi connectivity index (χ1) is 8.79. The highest BCUT2D eigenvalue weighted by molar-refractivity contribution is 7.92. The lowest BCUT2D eigenvalue weighted by molar-refractivity contribution is 0.469. The summed E-state index contributed by atoms with van der Waals surface area (Å²) in [5.74, 6) is -0.628. The van der Waals surface area contributed by atoms with E-state index in [1.165, 1.54) is 12.3 Å². The van der Waals surface area contributed by atoms with Crippen LogP contribution in [-0.2, 0) is 17.1 Å². The van der Waals surface area contributed by atoms with E-state index in [1.807, 2.05) is 0 Å².